The number of benzene rings is 1. The second-order valence-electron chi connectivity index (χ2n) is 8.58. The van der Waals surface area contributed by atoms with Crippen LogP contribution in [0.4, 0.5) is 0 Å². The van der Waals surface area contributed by atoms with Crippen LogP contribution in [0.15, 0.2) is 30.0 Å². The number of nitrogens with two attached hydrogens (primary N) is 1. The minimum absolute atomic E-state index is 0.107. The number of rotatable bonds is 14. The number of hydrogen-bond acceptors (Lipinski definition) is 5. The number of hydrogen-bond donors (Lipinski definition) is 2. The normalized spacial score (nSPS) is 15.4. The Labute approximate surface area is 199 Å². The van der Waals surface area contributed by atoms with Gasteiger partial charge >= 0.3 is 0 Å². The second-order valence-corrected chi connectivity index (χ2v) is 8.58. The Kier molecular flexibility index (Phi) is 12.3. The van der Waals surface area contributed by atoms with Crippen molar-refractivity contribution in [1.82, 2.24) is 4.90 Å². The molecule has 0 atom stereocenters. The van der Waals surface area contributed by atoms with Gasteiger partial charge in [0.15, 0.2) is 6.29 Å². The zero-order chi connectivity index (χ0) is 24.1. The molecule has 184 valence electrons. The third-order valence-electron chi connectivity index (χ3n) is 6.44. The molecule has 0 radical (unpaired) electrons. The van der Waals surface area contributed by atoms with Crippen LogP contribution in [-0.2, 0) is 25.4 Å². The number of allylic oxidation sites excluding steroid dienone is 2. The average molecular weight is 461 g/mol. The van der Waals surface area contributed by atoms with Gasteiger partial charge in [0, 0.05) is 33.4 Å². The molecule has 0 bridgehead atoms. The summed E-state index contributed by atoms with van der Waals surface area (Å²) in [5.41, 5.74) is 4.22. The maximum absolute atomic E-state index is 13.0. The SMILES string of the molecule is C[NH2+]C(C)=C(C=N)c1cccc(CCOCCC(=O)N(CC(OC)OC)C2CCCCC2)c1. The number of quaternary nitrogens is 1. The van der Waals surface area contributed by atoms with E-state index in [9.17, 15) is 4.79 Å². The van der Waals surface area contributed by atoms with Gasteiger partial charge < -0.3 is 29.8 Å². The summed E-state index contributed by atoms with van der Waals surface area (Å²) in [5, 5.41) is 9.75. The number of amides is 1. The average Bonchev–Trinajstić information content (AvgIpc) is 2.85. The van der Waals surface area contributed by atoms with Crippen LogP contribution < -0.4 is 5.32 Å². The van der Waals surface area contributed by atoms with Crippen LogP contribution in [0.3, 0.4) is 0 Å². The van der Waals surface area contributed by atoms with Gasteiger partial charge in [-0.1, -0.05) is 43.5 Å². The molecule has 7 heteroatoms. The summed E-state index contributed by atoms with van der Waals surface area (Å²) in [4.78, 5) is 14.9. The summed E-state index contributed by atoms with van der Waals surface area (Å²) in [7, 11) is 5.20. The van der Waals surface area contributed by atoms with Gasteiger partial charge in [-0.15, -0.1) is 0 Å². The minimum atomic E-state index is -0.405. The maximum Gasteiger partial charge on any atom is 0.225 e. The van der Waals surface area contributed by atoms with Crippen molar-refractivity contribution in [1.29, 1.82) is 5.41 Å². The zero-order valence-corrected chi connectivity index (χ0v) is 20.8. The fourth-order valence-electron chi connectivity index (χ4n) is 4.32. The molecule has 0 heterocycles. The molecule has 2 rings (SSSR count). The lowest BCUT2D eigenvalue weighted by molar-refractivity contribution is -0.574. The summed E-state index contributed by atoms with van der Waals surface area (Å²) >= 11 is 0. The highest BCUT2D eigenvalue weighted by atomic mass is 16.7. The van der Waals surface area contributed by atoms with Gasteiger partial charge in [0.2, 0.25) is 5.91 Å². The summed E-state index contributed by atoms with van der Waals surface area (Å²) in [6.07, 6.45) is 7.80. The fraction of sp³-hybridized carbons (Fsp3) is 0.615. The van der Waals surface area contributed by atoms with Crippen molar-refractivity contribution < 1.29 is 24.3 Å². The first-order valence-corrected chi connectivity index (χ1v) is 12.1. The Balaban J connectivity index is 1.85. The summed E-state index contributed by atoms with van der Waals surface area (Å²) in [5.74, 6) is 0.107. The first-order chi connectivity index (χ1) is 16.0. The molecule has 1 amide bonds. The van der Waals surface area contributed by atoms with Crippen LogP contribution in [0.5, 0.6) is 0 Å². The Bertz CT molecular complexity index is 771. The van der Waals surface area contributed by atoms with Crippen molar-refractivity contribution in [2.24, 2.45) is 0 Å². The molecule has 1 aromatic carbocycles. The van der Waals surface area contributed by atoms with Gasteiger partial charge in [-0.25, -0.2) is 0 Å². The van der Waals surface area contributed by atoms with E-state index in [0.717, 1.165) is 41.7 Å². The van der Waals surface area contributed by atoms with Crippen LogP contribution in [0.1, 0.15) is 56.6 Å². The van der Waals surface area contributed by atoms with Crippen molar-refractivity contribution in [3.05, 3.63) is 41.1 Å². The Morgan fingerprint density at radius 2 is 1.94 bits per heavy atom. The molecule has 0 saturated heterocycles. The quantitative estimate of drug-likeness (QED) is 0.254. The Hall–Kier alpha value is -2.06. The predicted octanol–water partition coefficient (Wildman–Crippen LogP) is 2.99. The molecule has 7 nitrogen and oxygen atoms in total. The van der Waals surface area contributed by atoms with Crippen LogP contribution >= 0.6 is 0 Å². The molecule has 0 unspecified atom stereocenters. The zero-order valence-electron chi connectivity index (χ0n) is 20.8. The first kappa shape index (κ1) is 27.2. The van der Waals surface area contributed by atoms with Gasteiger partial charge in [0.1, 0.15) is 5.70 Å². The highest BCUT2D eigenvalue weighted by Gasteiger charge is 2.27. The number of carbonyl (C=O) groups excluding carboxylic acids is 1. The largest absolute Gasteiger partial charge is 0.381 e. The second kappa shape index (κ2) is 15.0. The first-order valence-electron chi connectivity index (χ1n) is 12.1. The van der Waals surface area contributed by atoms with E-state index in [2.05, 4.69) is 12.1 Å². The van der Waals surface area contributed by atoms with Crippen LogP contribution in [0.2, 0.25) is 0 Å². The molecular weight excluding hydrogens is 418 g/mol. The highest BCUT2D eigenvalue weighted by molar-refractivity contribution is 6.08. The molecule has 0 aliphatic heterocycles. The predicted molar refractivity (Wildman–Crippen MR) is 131 cm³/mol. The Morgan fingerprint density at radius 1 is 1.21 bits per heavy atom. The smallest absolute Gasteiger partial charge is 0.225 e. The van der Waals surface area contributed by atoms with Crippen LogP contribution in [0, 0.1) is 5.41 Å². The van der Waals surface area contributed by atoms with E-state index < -0.39 is 6.29 Å². The third-order valence-corrected chi connectivity index (χ3v) is 6.44. The summed E-state index contributed by atoms with van der Waals surface area (Å²) in [6, 6.07) is 8.50. The molecular formula is C26H42N3O4+. The van der Waals surface area contributed by atoms with E-state index in [1.807, 2.05) is 36.3 Å². The van der Waals surface area contributed by atoms with E-state index >= 15 is 0 Å². The molecule has 3 N–H and O–H groups in total. The lowest BCUT2D eigenvalue weighted by Gasteiger charge is -2.36. The van der Waals surface area contributed by atoms with Gasteiger partial charge in [0.25, 0.3) is 0 Å². The van der Waals surface area contributed by atoms with Gasteiger partial charge in [-0.05, 0) is 30.4 Å². The number of carbonyl (C=O) groups is 1. The monoisotopic (exact) mass is 460 g/mol. The van der Waals surface area contributed by atoms with Gasteiger partial charge in [0.05, 0.1) is 38.8 Å². The summed E-state index contributed by atoms with van der Waals surface area (Å²) in [6.45, 7) is 3.44. The van der Waals surface area contributed by atoms with E-state index in [1.54, 1.807) is 14.2 Å². The molecule has 0 aromatic heterocycles. The molecule has 0 spiro atoms. The van der Waals surface area contributed by atoms with Crippen LogP contribution in [-0.4, -0.2) is 70.4 Å². The lowest BCUT2D eigenvalue weighted by Crippen LogP contribution is -2.77. The molecule has 1 aliphatic rings. The van der Waals surface area contributed by atoms with Crippen molar-refractivity contribution in [2.45, 2.75) is 64.2 Å². The number of methoxy groups -OCH3 is 2. The van der Waals surface area contributed by atoms with E-state index in [0.29, 0.717) is 26.2 Å². The molecule has 1 fully saturated rings. The van der Waals surface area contributed by atoms with Crippen molar-refractivity contribution in [3.63, 3.8) is 0 Å². The van der Waals surface area contributed by atoms with Crippen molar-refractivity contribution in [2.75, 3.05) is 41.0 Å². The molecule has 1 saturated carbocycles. The van der Waals surface area contributed by atoms with E-state index in [-0.39, 0.29) is 11.9 Å². The highest BCUT2D eigenvalue weighted by Crippen LogP contribution is 2.24. The maximum atomic E-state index is 13.0. The standard InChI is InChI=1S/C26H41N3O4/c1-20(28-2)24(18-27)22-10-8-9-21(17-22)13-15-33-16-14-25(30)29(19-26(31-3)32-4)23-11-6-5-7-12-23/h8-10,17-18,23,26-28H,5-7,11-16,19H2,1-4H3/p+1. The number of nitrogens with one attached hydrogen (secondary N) is 1. The summed E-state index contributed by atoms with van der Waals surface area (Å²) < 4.78 is 16.5. The fourth-order valence-corrected chi connectivity index (χ4v) is 4.32. The molecule has 33 heavy (non-hydrogen) atoms. The molecule has 1 aromatic rings. The Morgan fingerprint density at radius 3 is 2.58 bits per heavy atom. The van der Waals surface area contributed by atoms with E-state index in [1.165, 1.54) is 25.5 Å². The minimum Gasteiger partial charge on any atom is -0.381 e. The number of ether oxygens (including phenoxy) is 3. The topological polar surface area (TPSA) is 88.5 Å². The van der Waals surface area contributed by atoms with Gasteiger partial charge in [-0.3, -0.25) is 4.79 Å². The van der Waals surface area contributed by atoms with Crippen molar-refractivity contribution >= 4 is 17.7 Å². The number of nitrogens with zero attached hydrogens (tertiary/aromatic N) is 1. The van der Waals surface area contributed by atoms with E-state index in [4.69, 9.17) is 19.6 Å². The van der Waals surface area contributed by atoms with Gasteiger partial charge in [-0.2, -0.15) is 0 Å². The third kappa shape index (κ3) is 8.66. The van der Waals surface area contributed by atoms with Crippen molar-refractivity contribution in [3.8, 4) is 0 Å². The van der Waals surface area contributed by atoms with Crippen LogP contribution in [0.25, 0.3) is 5.57 Å². The lowest BCUT2D eigenvalue weighted by atomic mass is 9.94. The molecule has 1 aliphatic carbocycles.